The molecule has 0 fully saturated rings. The first-order chi connectivity index (χ1) is 14.9. The number of benzene rings is 2. The predicted octanol–water partition coefficient (Wildman–Crippen LogP) is 3.37. The predicted molar refractivity (Wildman–Crippen MR) is 117 cm³/mol. The van der Waals surface area contributed by atoms with Gasteiger partial charge in [0.25, 0.3) is 5.56 Å². The van der Waals surface area contributed by atoms with E-state index in [1.165, 1.54) is 0 Å². The van der Waals surface area contributed by atoms with Crippen LogP contribution in [-0.2, 0) is 0 Å². The molecule has 8 heteroatoms. The Morgan fingerprint density at radius 1 is 1.10 bits per heavy atom. The molecule has 0 aliphatic carbocycles. The molecule has 1 aliphatic heterocycles. The SMILES string of the molecule is CN(C)[C@@H]1COc2ccc(-c3nc(-c4ccc5c(=O)[nH]ccc5c4)c(N)nc3F)cc21. The average molecular weight is 417 g/mol. The number of pyridine rings is 1. The van der Waals surface area contributed by atoms with E-state index in [1.54, 1.807) is 36.5 Å². The number of H-pyrrole nitrogens is 1. The quantitative estimate of drug-likeness (QED) is 0.531. The molecule has 0 amide bonds. The second-order valence-corrected chi connectivity index (χ2v) is 7.75. The number of fused-ring (bicyclic) bond motifs is 2. The fourth-order valence-electron chi connectivity index (χ4n) is 3.94. The van der Waals surface area contributed by atoms with Gasteiger partial charge in [0.2, 0.25) is 5.95 Å². The first-order valence-electron chi connectivity index (χ1n) is 9.81. The number of rotatable bonds is 3. The van der Waals surface area contributed by atoms with Crippen molar-refractivity contribution in [2.75, 3.05) is 26.4 Å². The summed E-state index contributed by atoms with van der Waals surface area (Å²) in [7, 11) is 3.95. The molecule has 0 spiro atoms. The smallest absolute Gasteiger partial charge is 0.255 e. The lowest BCUT2D eigenvalue weighted by Crippen LogP contribution is -2.20. The molecule has 1 atom stereocenters. The van der Waals surface area contributed by atoms with Gasteiger partial charge in [0.1, 0.15) is 23.7 Å². The maximum Gasteiger partial charge on any atom is 0.255 e. The lowest BCUT2D eigenvalue weighted by atomic mass is 10.0. The van der Waals surface area contributed by atoms with Crippen LogP contribution in [0.15, 0.2) is 53.5 Å². The lowest BCUT2D eigenvalue weighted by Gasteiger charge is -2.18. The Kier molecular flexibility index (Phi) is 4.44. The van der Waals surface area contributed by atoms with Gasteiger partial charge in [-0.1, -0.05) is 6.07 Å². The number of anilines is 1. The first kappa shape index (κ1) is 19.2. The number of aromatic amines is 1. The van der Waals surface area contributed by atoms with Gasteiger partial charge in [-0.2, -0.15) is 9.37 Å². The number of nitrogens with zero attached hydrogens (tertiary/aromatic N) is 3. The molecule has 2 aromatic carbocycles. The van der Waals surface area contributed by atoms with Gasteiger partial charge in [0, 0.05) is 28.3 Å². The Morgan fingerprint density at radius 2 is 1.87 bits per heavy atom. The summed E-state index contributed by atoms with van der Waals surface area (Å²) in [4.78, 5) is 25.1. The molecule has 156 valence electrons. The largest absolute Gasteiger partial charge is 0.491 e. The fourth-order valence-corrected chi connectivity index (χ4v) is 3.94. The molecular formula is C23H20FN5O2. The summed E-state index contributed by atoms with van der Waals surface area (Å²) in [6.07, 6.45) is 1.58. The van der Waals surface area contributed by atoms with Crippen molar-refractivity contribution in [1.29, 1.82) is 0 Å². The number of nitrogens with two attached hydrogens (primary N) is 1. The monoisotopic (exact) mass is 417 g/mol. The summed E-state index contributed by atoms with van der Waals surface area (Å²) < 4.78 is 20.5. The Labute approximate surface area is 177 Å². The van der Waals surface area contributed by atoms with Gasteiger partial charge in [-0.05, 0) is 55.9 Å². The van der Waals surface area contributed by atoms with Crippen molar-refractivity contribution in [1.82, 2.24) is 19.9 Å². The molecular weight excluding hydrogens is 397 g/mol. The number of ether oxygens (including phenoxy) is 1. The molecule has 0 saturated carbocycles. The molecule has 0 bridgehead atoms. The van der Waals surface area contributed by atoms with Crippen LogP contribution in [0.1, 0.15) is 11.6 Å². The number of likely N-dealkylation sites (N-methyl/N-ethyl adjacent to an activating group) is 1. The van der Waals surface area contributed by atoms with Gasteiger partial charge >= 0.3 is 0 Å². The van der Waals surface area contributed by atoms with Crippen molar-refractivity contribution in [2.45, 2.75) is 6.04 Å². The molecule has 3 heterocycles. The van der Waals surface area contributed by atoms with E-state index in [9.17, 15) is 9.18 Å². The van der Waals surface area contributed by atoms with Crippen molar-refractivity contribution in [3.05, 3.63) is 70.5 Å². The minimum atomic E-state index is -0.737. The average Bonchev–Trinajstić information content (AvgIpc) is 3.17. The standard InChI is InChI=1S/C23H20FN5O2/c1-29(2)17-11-31-18-6-4-14(10-16(17)18)19-21(24)28-22(25)20(27-19)13-3-5-15-12(9-13)7-8-26-23(15)30/h3-10,17H,11H2,1-2H3,(H2,25,28)(H,26,30)/t17-/m1/s1. The van der Waals surface area contributed by atoms with Crippen LogP contribution in [0.4, 0.5) is 10.2 Å². The molecule has 31 heavy (non-hydrogen) atoms. The number of nitrogen functional groups attached to an aromatic ring is 1. The van der Waals surface area contributed by atoms with Crippen LogP contribution in [0.5, 0.6) is 5.75 Å². The second-order valence-electron chi connectivity index (χ2n) is 7.75. The van der Waals surface area contributed by atoms with Crippen LogP contribution in [0.25, 0.3) is 33.3 Å². The van der Waals surface area contributed by atoms with Crippen LogP contribution in [0.2, 0.25) is 0 Å². The van der Waals surface area contributed by atoms with Crippen molar-refractivity contribution in [2.24, 2.45) is 0 Å². The highest BCUT2D eigenvalue weighted by Gasteiger charge is 2.27. The Bertz CT molecular complexity index is 1380. The zero-order valence-corrected chi connectivity index (χ0v) is 17.0. The van der Waals surface area contributed by atoms with E-state index in [0.717, 1.165) is 16.7 Å². The molecule has 0 radical (unpaired) electrons. The maximum absolute atomic E-state index is 14.8. The van der Waals surface area contributed by atoms with Crippen LogP contribution < -0.4 is 16.0 Å². The molecule has 7 nitrogen and oxygen atoms in total. The normalized spacial score (nSPS) is 15.3. The topological polar surface area (TPSA) is 97.1 Å². The lowest BCUT2D eigenvalue weighted by molar-refractivity contribution is 0.227. The number of halogens is 1. The van der Waals surface area contributed by atoms with Gasteiger partial charge in [-0.25, -0.2) is 4.98 Å². The highest BCUT2D eigenvalue weighted by molar-refractivity contribution is 5.87. The molecule has 2 aromatic heterocycles. The Morgan fingerprint density at radius 3 is 2.68 bits per heavy atom. The van der Waals surface area contributed by atoms with Gasteiger partial charge in [0.05, 0.1) is 6.04 Å². The third-order valence-electron chi connectivity index (χ3n) is 5.59. The first-order valence-corrected chi connectivity index (χ1v) is 9.81. The van der Waals surface area contributed by atoms with E-state index in [1.807, 2.05) is 26.2 Å². The van der Waals surface area contributed by atoms with E-state index in [0.29, 0.717) is 28.8 Å². The summed E-state index contributed by atoms with van der Waals surface area (Å²) in [6.45, 7) is 0.545. The summed E-state index contributed by atoms with van der Waals surface area (Å²) in [6, 6.07) is 12.6. The summed E-state index contributed by atoms with van der Waals surface area (Å²) in [5, 5.41) is 1.28. The third-order valence-corrected chi connectivity index (χ3v) is 5.59. The van der Waals surface area contributed by atoms with E-state index in [-0.39, 0.29) is 23.1 Å². The minimum Gasteiger partial charge on any atom is -0.491 e. The molecule has 3 N–H and O–H groups in total. The number of hydrogen-bond acceptors (Lipinski definition) is 6. The van der Waals surface area contributed by atoms with E-state index < -0.39 is 5.95 Å². The second kappa shape index (κ2) is 7.17. The van der Waals surface area contributed by atoms with Crippen molar-refractivity contribution in [3.63, 3.8) is 0 Å². The summed E-state index contributed by atoms with van der Waals surface area (Å²) in [5.74, 6) is 0.0334. The fraction of sp³-hybridized carbons (Fsp3) is 0.174. The molecule has 0 saturated heterocycles. The van der Waals surface area contributed by atoms with Crippen molar-refractivity contribution < 1.29 is 9.13 Å². The summed E-state index contributed by atoms with van der Waals surface area (Å²) in [5.41, 5.74) is 8.54. The number of hydrogen-bond donors (Lipinski definition) is 2. The van der Waals surface area contributed by atoms with Gasteiger partial charge < -0.3 is 15.5 Å². The Balaban J connectivity index is 1.64. The van der Waals surface area contributed by atoms with Gasteiger partial charge in [-0.3, -0.25) is 9.69 Å². The van der Waals surface area contributed by atoms with Crippen molar-refractivity contribution in [3.8, 4) is 28.3 Å². The van der Waals surface area contributed by atoms with E-state index in [4.69, 9.17) is 10.5 Å². The van der Waals surface area contributed by atoms with Gasteiger partial charge in [0.15, 0.2) is 5.82 Å². The summed E-state index contributed by atoms with van der Waals surface area (Å²) >= 11 is 0. The highest BCUT2D eigenvalue weighted by Crippen LogP contribution is 2.38. The maximum atomic E-state index is 14.8. The van der Waals surface area contributed by atoms with Crippen LogP contribution in [-0.4, -0.2) is 40.6 Å². The van der Waals surface area contributed by atoms with E-state index >= 15 is 0 Å². The minimum absolute atomic E-state index is 0.0129. The van der Waals surface area contributed by atoms with Gasteiger partial charge in [-0.15, -0.1) is 0 Å². The molecule has 4 aromatic rings. The highest BCUT2D eigenvalue weighted by atomic mass is 19.1. The van der Waals surface area contributed by atoms with Crippen LogP contribution in [0, 0.1) is 5.95 Å². The van der Waals surface area contributed by atoms with Crippen LogP contribution in [0.3, 0.4) is 0 Å². The molecule has 1 aliphatic rings. The third kappa shape index (κ3) is 3.21. The number of nitrogens with one attached hydrogen (secondary N) is 1. The molecule has 0 unspecified atom stereocenters. The Hall–Kier alpha value is -3.78. The number of aromatic nitrogens is 3. The molecule has 5 rings (SSSR count). The zero-order valence-electron chi connectivity index (χ0n) is 17.0. The van der Waals surface area contributed by atoms with Crippen LogP contribution >= 0.6 is 0 Å². The van der Waals surface area contributed by atoms with E-state index in [2.05, 4.69) is 19.9 Å². The van der Waals surface area contributed by atoms with Crippen molar-refractivity contribution >= 4 is 16.6 Å². The zero-order chi connectivity index (χ0) is 21.7.